The Balaban J connectivity index is 1.83. The summed E-state index contributed by atoms with van der Waals surface area (Å²) in [5.41, 5.74) is 2.75. The molecule has 7 nitrogen and oxygen atoms in total. The van der Waals surface area contributed by atoms with Gasteiger partial charge in [-0.05, 0) is 12.5 Å². The fourth-order valence-electron chi connectivity index (χ4n) is 2.37. The molecule has 0 bridgehead atoms. The maximum Gasteiger partial charge on any atom is 0.231 e. The average molecular weight is 314 g/mol. The van der Waals surface area contributed by atoms with Crippen molar-refractivity contribution < 1.29 is 13.8 Å². The highest BCUT2D eigenvalue weighted by Gasteiger charge is 2.18. The summed E-state index contributed by atoms with van der Waals surface area (Å²) in [5.74, 6) is 2.45. The van der Waals surface area contributed by atoms with Gasteiger partial charge in [0.05, 0.1) is 19.2 Å². The van der Waals surface area contributed by atoms with Gasteiger partial charge in [0.25, 0.3) is 0 Å². The molecule has 0 aliphatic rings. The number of nitrogens with zero attached hydrogens (tertiary/aromatic N) is 4. The van der Waals surface area contributed by atoms with E-state index < -0.39 is 0 Å². The summed E-state index contributed by atoms with van der Waals surface area (Å²) in [6.45, 7) is 4.08. The van der Waals surface area contributed by atoms with Crippen LogP contribution in [0, 0.1) is 0 Å². The van der Waals surface area contributed by atoms with Gasteiger partial charge in [0.15, 0.2) is 0 Å². The Bertz CT molecular complexity index is 755. The number of aromatic nitrogens is 4. The van der Waals surface area contributed by atoms with Gasteiger partial charge >= 0.3 is 0 Å². The first-order chi connectivity index (χ1) is 11.2. The molecule has 23 heavy (non-hydrogen) atoms. The molecule has 0 saturated heterocycles. The Morgan fingerprint density at radius 2 is 1.96 bits per heavy atom. The average Bonchev–Trinajstić information content (AvgIpc) is 3.22. The second-order valence-corrected chi connectivity index (χ2v) is 5.02. The molecule has 3 rings (SSSR count). The quantitative estimate of drug-likeness (QED) is 0.691. The molecule has 0 atom stereocenters. The lowest BCUT2D eigenvalue weighted by atomic mass is 10.1. The summed E-state index contributed by atoms with van der Waals surface area (Å²) in [5, 5.41) is 8.11. The Hall–Kier alpha value is -2.70. The normalized spacial score (nSPS) is 10.9. The minimum Gasteiger partial charge on any atom is -0.481 e. The van der Waals surface area contributed by atoms with Crippen molar-refractivity contribution in [2.75, 3.05) is 7.11 Å². The number of ether oxygens (including phenoxy) is 1. The van der Waals surface area contributed by atoms with E-state index in [0.29, 0.717) is 24.0 Å². The van der Waals surface area contributed by atoms with Crippen LogP contribution in [0.15, 0.2) is 27.4 Å². The molecule has 3 aromatic heterocycles. The molecule has 120 valence electrons. The van der Waals surface area contributed by atoms with E-state index in [1.807, 2.05) is 19.9 Å². The zero-order chi connectivity index (χ0) is 16.2. The van der Waals surface area contributed by atoms with E-state index in [1.165, 1.54) is 0 Å². The Morgan fingerprint density at radius 3 is 2.61 bits per heavy atom. The number of methoxy groups -OCH3 is 1. The molecule has 0 aliphatic heterocycles. The van der Waals surface area contributed by atoms with E-state index in [9.17, 15) is 0 Å². The van der Waals surface area contributed by atoms with Crippen LogP contribution in [-0.2, 0) is 19.3 Å². The lowest BCUT2D eigenvalue weighted by Crippen LogP contribution is -1.96. The fraction of sp³-hybridized carbons (Fsp3) is 0.375. The van der Waals surface area contributed by atoms with E-state index in [4.69, 9.17) is 13.8 Å². The van der Waals surface area contributed by atoms with Gasteiger partial charge < -0.3 is 13.8 Å². The van der Waals surface area contributed by atoms with Crippen LogP contribution < -0.4 is 4.74 Å². The molecule has 0 amide bonds. The summed E-state index contributed by atoms with van der Waals surface area (Å²) in [4.78, 5) is 8.58. The predicted molar refractivity (Wildman–Crippen MR) is 82.1 cm³/mol. The van der Waals surface area contributed by atoms with Crippen molar-refractivity contribution >= 4 is 0 Å². The predicted octanol–water partition coefficient (Wildman–Crippen LogP) is 2.84. The van der Waals surface area contributed by atoms with E-state index in [0.717, 1.165) is 35.4 Å². The topological polar surface area (TPSA) is 87.1 Å². The molecule has 0 saturated carbocycles. The third-order valence-corrected chi connectivity index (χ3v) is 3.61. The lowest BCUT2D eigenvalue weighted by Gasteiger charge is -1.98. The van der Waals surface area contributed by atoms with Crippen LogP contribution in [0.2, 0.25) is 0 Å². The highest BCUT2D eigenvalue weighted by Crippen LogP contribution is 2.22. The first-order valence-electron chi connectivity index (χ1n) is 7.54. The molecule has 0 aliphatic carbocycles. The maximum absolute atomic E-state index is 5.36. The lowest BCUT2D eigenvalue weighted by molar-refractivity contribution is 0.375. The smallest absolute Gasteiger partial charge is 0.231 e. The molecular weight excluding hydrogens is 296 g/mol. The van der Waals surface area contributed by atoms with Crippen LogP contribution in [-0.4, -0.2) is 27.4 Å². The van der Waals surface area contributed by atoms with Crippen molar-refractivity contribution in [1.82, 2.24) is 20.3 Å². The summed E-state index contributed by atoms with van der Waals surface area (Å²) >= 11 is 0. The van der Waals surface area contributed by atoms with Crippen LogP contribution in [0.3, 0.4) is 0 Å². The van der Waals surface area contributed by atoms with Crippen molar-refractivity contribution in [2.24, 2.45) is 0 Å². The Labute approximate surface area is 133 Å². The summed E-state index contributed by atoms with van der Waals surface area (Å²) in [6, 6.07) is 3.60. The molecule has 0 N–H and O–H groups in total. The molecule has 0 spiro atoms. The van der Waals surface area contributed by atoms with Crippen molar-refractivity contribution in [2.45, 2.75) is 33.1 Å². The van der Waals surface area contributed by atoms with Gasteiger partial charge in [-0.3, -0.25) is 0 Å². The van der Waals surface area contributed by atoms with E-state index in [2.05, 4.69) is 20.3 Å². The molecule has 0 aromatic carbocycles. The number of pyridine rings is 1. The maximum atomic E-state index is 5.36. The van der Waals surface area contributed by atoms with Crippen molar-refractivity contribution in [3.63, 3.8) is 0 Å². The van der Waals surface area contributed by atoms with Gasteiger partial charge in [-0.1, -0.05) is 24.2 Å². The second kappa shape index (κ2) is 6.60. The molecule has 3 aromatic rings. The minimum atomic E-state index is 0.503. The third kappa shape index (κ3) is 3.08. The van der Waals surface area contributed by atoms with Gasteiger partial charge in [0, 0.05) is 29.8 Å². The SMILES string of the molecule is CCc1noc(CC)c1Cc1nc(-c2ccc(OC)nc2)no1. The highest BCUT2D eigenvalue weighted by molar-refractivity contribution is 5.53. The summed E-state index contributed by atoms with van der Waals surface area (Å²) < 4.78 is 15.8. The van der Waals surface area contributed by atoms with Crippen molar-refractivity contribution in [3.05, 3.63) is 41.2 Å². The van der Waals surface area contributed by atoms with E-state index in [-0.39, 0.29) is 0 Å². The van der Waals surface area contributed by atoms with Crippen LogP contribution in [0.1, 0.15) is 36.8 Å². The summed E-state index contributed by atoms with van der Waals surface area (Å²) in [7, 11) is 1.57. The van der Waals surface area contributed by atoms with Crippen molar-refractivity contribution in [3.8, 4) is 17.3 Å². The molecule has 7 heteroatoms. The van der Waals surface area contributed by atoms with Gasteiger partial charge in [-0.25, -0.2) is 4.98 Å². The fourth-order valence-corrected chi connectivity index (χ4v) is 2.37. The zero-order valence-electron chi connectivity index (χ0n) is 13.4. The first-order valence-corrected chi connectivity index (χ1v) is 7.54. The molecule has 0 radical (unpaired) electrons. The largest absolute Gasteiger partial charge is 0.481 e. The zero-order valence-corrected chi connectivity index (χ0v) is 13.4. The molecule has 3 heterocycles. The molecular formula is C16H18N4O3. The number of rotatable bonds is 6. The Morgan fingerprint density at radius 1 is 1.09 bits per heavy atom. The monoisotopic (exact) mass is 314 g/mol. The molecule has 0 unspecified atom stereocenters. The van der Waals surface area contributed by atoms with Crippen LogP contribution in [0.25, 0.3) is 11.4 Å². The minimum absolute atomic E-state index is 0.503. The Kier molecular flexibility index (Phi) is 4.36. The van der Waals surface area contributed by atoms with Crippen LogP contribution in [0.5, 0.6) is 5.88 Å². The summed E-state index contributed by atoms with van der Waals surface area (Å²) in [6.07, 6.45) is 3.77. The van der Waals surface area contributed by atoms with Gasteiger partial charge in [0.2, 0.25) is 17.6 Å². The van der Waals surface area contributed by atoms with Gasteiger partial charge in [-0.2, -0.15) is 4.98 Å². The number of hydrogen-bond acceptors (Lipinski definition) is 7. The van der Waals surface area contributed by atoms with E-state index >= 15 is 0 Å². The highest BCUT2D eigenvalue weighted by atomic mass is 16.5. The van der Waals surface area contributed by atoms with Crippen LogP contribution >= 0.6 is 0 Å². The second-order valence-electron chi connectivity index (χ2n) is 5.02. The van der Waals surface area contributed by atoms with Gasteiger partial charge in [0.1, 0.15) is 5.76 Å². The molecule has 0 fully saturated rings. The number of hydrogen-bond donors (Lipinski definition) is 0. The number of aryl methyl sites for hydroxylation is 2. The van der Waals surface area contributed by atoms with Gasteiger partial charge in [-0.15, -0.1) is 0 Å². The first kappa shape index (κ1) is 15.2. The third-order valence-electron chi connectivity index (χ3n) is 3.61. The van der Waals surface area contributed by atoms with Crippen LogP contribution in [0.4, 0.5) is 0 Å². The standard InChI is InChI=1S/C16H18N4O3/c1-4-12-11(13(5-2)22-19-12)8-15-18-16(20-23-15)10-6-7-14(21-3)17-9-10/h6-7,9H,4-5,8H2,1-3H3. The van der Waals surface area contributed by atoms with Crippen molar-refractivity contribution in [1.29, 1.82) is 0 Å². The van der Waals surface area contributed by atoms with E-state index in [1.54, 1.807) is 19.4 Å².